The summed E-state index contributed by atoms with van der Waals surface area (Å²) >= 11 is 0. The van der Waals surface area contributed by atoms with Crippen LogP contribution in [0, 0.1) is 17.2 Å². The van der Waals surface area contributed by atoms with Crippen LogP contribution in [0.2, 0.25) is 0 Å². The molecule has 0 saturated carbocycles. The van der Waals surface area contributed by atoms with E-state index in [1.807, 2.05) is 4.90 Å². The molecule has 2 aromatic heterocycles. The van der Waals surface area contributed by atoms with Gasteiger partial charge in [0, 0.05) is 43.4 Å². The first-order valence-electron chi connectivity index (χ1n) is 8.15. The number of anilines is 1. The van der Waals surface area contributed by atoms with E-state index in [9.17, 15) is 9.18 Å². The van der Waals surface area contributed by atoms with Crippen molar-refractivity contribution in [2.24, 2.45) is 11.3 Å². The first kappa shape index (κ1) is 15.9. The number of hydrogen-bond donors (Lipinski definition) is 1. The lowest BCUT2D eigenvalue weighted by molar-refractivity contribution is 0.0920. The van der Waals surface area contributed by atoms with Gasteiger partial charge in [-0.15, -0.1) is 0 Å². The summed E-state index contributed by atoms with van der Waals surface area (Å²) in [5.41, 5.74) is 0.349. The molecular weight excluding hydrogens is 325 g/mol. The minimum absolute atomic E-state index is 0.149. The Morgan fingerprint density at radius 1 is 1.40 bits per heavy atom. The van der Waals surface area contributed by atoms with Gasteiger partial charge >= 0.3 is 0 Å². The van der Waals surface area contributed by atoms with Crippen LogP contribution in [0.3, 0.4) is 0 Å². The maximum absolute atomic E-state index is 13.0. The molecule has 130 valence electrons. The molecule has 0 unspecified atom stereocenters. The Hall–Kier alpha value is -2.61. The lowest BCUT2D eigenvalue weighted by Gasteiger charge is -2.27. The molecule has 0 radical (unpaired) electrons. The maximum Gasteiger partial charge on any atom is 0.252 e. The average molecular weight is 343 g/mol. The fourth-order valence-corrected chi connectivity index (χ4v) is 3.56. The van der Waals surface area contributed by atoms with Crippen LogP contribution in [0.1, 0.15) is 10.4 Å². The van der Waals surface area contributed by atoms with E-state index in [1.54, 1.807) is 24.5 Å². The lowest BCUT2D eigenvalue weighted by atomic mass is 9.81. The van der Waals surface area contributed by atoms with E-state index < -0.39 is 5.82 Å². The Morgan fingerprint density at radius 3 is 3.00 bits per heavy atom. The van der Waals surface area contributed by atoms with Crippen molar-refractivity contribution in [3.63, 3.8) is 0 Å². The van der Waals surface area contributed by atoms with E-state index in [2.05, 4.69) is 20.3 Å². The Kier molecular flexibility index (Phi) is 4.04. The van der Waals surface area contributed by atoms with E-state index in [0.717, 1.165) is 6.54 Å². The van der Waals surface area contributed by atoms with E-state index in [0.29, 0.717) is 37.8 Å². The van der Waals surface area contributed by atoms with E-state index in [1.165, 1.54) is 12.4 Å². The molecule has 4 heterocycles. The first-order valence-corrected chi connectivity index (χ1v) is 8.15. The number of nitrogens with one attached hydrogen (secondary N) is 1. The minimum atomic E-state index is -0.454. The van der Waals surface area contributed by atoms with Gasteiger partial charge in [0.15, 0.2) is 5.82 Å². The number of pyridine rings is 1. The number of hydrogen-bond acceptors (Lipinski definition) is 6. The van der Waals surface area contributed by atoms with Gasteiger partial charge in [-0.25, -0.2) is 14.4 Å². The maximum atomic E-state index is 13.0. The zero-order chi connectivity index (χ0) is 17.3. The van der Waals surface area contributed by atoms with Crippen molar-refractivity contribution in [3.8, 4) is 0 Å². The summed E-state index contributed by atoms with van der Waals surface area (Å²) in [5.74, 6) is 0.179. The number of aromatic nitrogens is 3. The monoisotopic (exact) mass is 343 g/mol. The van der Waals surface area contributed by atoms with Gasteiger partial charge < -0.3 is 15.0 Å². The molecular formula is C17H18FN5O2. The zero-order valence-electron chi connectivity index (χ0n) is 13.6. The van der Waals surface area contributed by atoms with Gasteiger partial charge in [-0.3, -0.25) is 9.78 Å². The van der Waals surface area contributed by atoms with Crippen LogP contribution in [0.25, 0.3) is 0 Å². The molecule has 0 bridgehead atoms. The number of carbonyl (C=O) groups excluding carboxylic acids is 1. The fourth-order valence-electron chi connectivity index (χ4n) is 3.56. The van der Waals surface area contributed by atoms with E-state index in [4.69, 9.17) is 4.74 Å². The molecule has 2 saturated heterocycles. The van der Waals surface area contributed by atoms with Crippen LogP contribution in [0.4, 0.5) is 10.3 Å². The highest BCUT2D eigenvalue weighted by atomic mass is 19.1. The number of ether oxygens (including phenoxy) is 1. The van der Waals surface area contributed by atoms with Crippen LogP contribution in [-0.2, 0) is 4.74 Å². The van der Waals surface area contributed by atoms with Gasteiger partial charge in [0.1, 0.15) is 0 Å². The molecule has 25 heavy (non-hydrogen) atoms. The summed E-state index contributed by atoms with van der Waals surface area (Å²) in [6.07, 6.45) is 5.52. The predicted octanol–water partition coefficient (Wildman–Crippen LogP) is 0.893. The van der Waals surface area contributed by atoms with Crippen LogP contribution in [-0.4, -0.2) is 53.7 Å². The quantitative estimate of drug-likeness (QED) is 0.888. The minimum Gasteiger partial charge on any atom is -0.380 e. The molecule has 1 N–H and O–H groups in total. The van der Waals surface area contributed by atoms with Crippen LogP contribution < -0.4 is 10.2 Å². The summed E-state index contributed by atoms with van der Waals surface area (Å²) < 4.78 is 18.7. The fraction of sp³-hybridized carbons (Fsp3) is 0.412. The van der Waals surface area contributed by atoms with Gasteiger partial charge in [0.25, 0.3) is 5.91 Å². The van der Waals surface area contributed by atoms with Crippen LogP contribution >= 0.6 is 0 Å². The van der Waals surface area contributed by atoms with Crippen molar-refractivity contribution in [2.75, 3.05) is 37.7 Å². The summed E-state index contributed by atoms with van der Waals surface area (Å²) in [6.45, 7) is 3.11. The largest absolute Gasteiger partial charge is 0.380 e. The molecule has 2 aliphatic heterocycles. The molecule has 7 nitrogen and oxygen atoms in total. The molecule has 4 rings (SSSR count). The zero-order valence-corrected chi connectivity index (χ0v) is 13.6. The third-order valence-electron chi connectivity index (χ3n) is 4.94. The van der Waals surface area contributed by atoms with Crippen molar-refractivity contribution in [1.29, 1.82) is 0 Å². The van der Waals surface area contributed by atoms with Crippen molar-refractivity contribution < 1.29 is 13.9 Å². The van der Waals surface area contributed by atoms with Crippen molar-refractivity contribution in [2.45, 2.75) is 0 Å². The Bertz CT molecular complexity index is 757. The second kappa shape index (κ2) is 6.36. The highest BCUT2D eigenvalue weighted by Gasteiger charge is 2.51. The van der Waals surface area contributed by atoms with Gasteiger partial charge in [-0.2, -0.15) is 0 Å². The van der Waals surface area contributed by atoms with Crippen molar-refractivity contribution in [3.05, 3.63) is 48.3 Å². The molecule has 1 amide bonds. The Morgan fingerprint density at radius 2 is 2.24 bits per heavy atom. The first-order chi connectivity index (χ1) is 12.2. The van der Waals surface area contributed by atoms with Crippen LogP contribution in [0.15, 0.2) is 36.9 Å². The summed E-state index contributed by atoms with van der Waals surface area (Å²) in [6, 6.07) is 3.47. The van der Waals surface area contributed by atoms with Gasteiger partial charge in [-0.05, 0) is 12.1 Å². The smallest absolute Gasteiger partial charge is 0.252 e. The molecule has 2 fully saturated rings. The average Bonchev–Trinajstić information content (AvgIpc) is 3.18. The Balaban J connectivity index is 1.46. The van der Waals surface area contributed by atoms with Crippen molar-refractivity contribution in [1.82, 2.24) is 20.3 Å². The topological polar surface area (TPSA) is 80.2 Å². The SMILES string of the molecule is O=C(NC[C@]12COC[C@H]1CN(c1ncc(F)cn1)C2)c1cccnc1. The predicted molar refractivity (Wildman–Crippen MR) is 87.5 cm³/mol. The molecule has 2 aromatic rings. The molecule has 2 aliphatic rings. The highest BCUT2D eigenvalue weighted by molar-refractivity contribution is 5.93. The second-order valence-corrected chi connectivity index (χ2v) is 6.58. The molecule has 0 aliphatic carbocycles. The number of fused-ring (bicyclic) bond motifs is 1. The standard InChI is InChI=1S/C17H18FN5O2/c18-14-5-20-16(21-6-14)23-7-13-8-25-11-17(13,10-23)9-22-15(24)12-2-1-3-19-4-12/h1-6,13H,7-11H2,(H,22,24)/t13-,17+/m1/s1. The molecule has 2 atom stereocenters. The third-order valence-corrected chi connectivity index (χ3v) is 4.94. The number of rotatable bonds is 4. The molecule has 0 aromatic carbocycles. The molecule has 0 spiro atoms. The number of nitrogens with zero attached hydrogens (tertiary/aromatic N) is 4. The lowest BCUT2D eigenvalue weighted by Crippen LogP contribution is -2.43. The van der Waals surface area contributed by atoms with Crippen molar-refractivity contribution >= 4 is 11.9 Å². The van der Waals surface area contributed by atoms with E-state index in [-0.39, 0.29) is 17.2 Å². The van der Waals surface area contributed by atoms with Gasteiger partial charge in [-0.1, -0.05) is 0 Å². The summed E-state index contributed by atoms with van der Waals surface area (Å²) in [7, 11) is 0. The van der Waals surface area contributed by atoms with E-state index >= 15 is 0 Å². The number of amides is 1. The number of halogens is 1. The Labute approximate surface area is 144 Å². The summed E-state index contributed by atoms with van der Waals surface area (Å²) in [4.78, 5) is 26.4. The second-order valence-electron chi connectivity index (χ2n) is 6.58. The molecule has 8 heteroatoms. The summed E-state index contributed by atoms with van der Waals surface area (Å²) in [5, 5.41) is 3.00. The number of carbonyl (C=O) groups is 1. The normalized spacial score (nSPS) is 25.0. The van der Waals surface area contributed by atoms with Crippen LogP contribution in [0.5, 0.6) is 0 Å². The highest BCUT2D eigenvalue weighted by Crippen LogP contribution is 2.41. The van der Waals surface area contributed by atoms with Gasteiger partial charge in [0.2, 0.25) is 5.95 Å². The third kappa shape index (κ3) is 3.05. The van der Waals surface area contributed by atoms with Gasteiger partial charge in [0.05, 0.1) is 31.2 Å².